The van der Waals surface area contributed by atoms with Crippen molar-refractivity contribution in [1.82, 2.24) is 9.97 Å². The molecule has 2 aromatic rings. The van der Waals surface area contributed by atoms with Gasteiger partial charge in [0.1, 0.15) is 0 Å². The summed E-state index contributed by atoms with van der Waals surface area (Å²) < 4.78 is 0. The zero-order chi connectivity index (χ0) is 15.2. The van der Waals surface area contributed by atoms with Crippen LogP contribution in [0.3, 0.4) is 0 Å². The highest BCUT2D eigenvalue weighted by Crippen LogP contribution is 2.20. The third-order valence-corrected chi connectivity index (χ3v) is 3.66. The first-order valence-electron chi connectivity index (χ1n) is 6.35. The second-order valence-electron chi connectivity index (χ2n) is 4.48. The third-order valence-electron chi connectivity index (χ3n) is 2.67. The highest BCUT2D eigenvalue weighted by atomic mass is 32.2. The van der Waals surface area contributed by atoms with Crippen LogP contribution in [0.4, 0.5) is 5.69 Å². The van der Waals surface area contributed by atoms with Gasteiger partial charge in [-0.25, -0.2) is 9.97 Å². The maximum absolute atomic E-state index is 12.1. The van der Waals surface area contributed by atoms with Gasteiger partial charge < -0.3 is 5.32 Å². The van der Waals surface area contributed by atoms with E-state index < -0.39 is 0 Å². The van der Waals surface area contributed by atoms with E-state index in [0.717, 1.165) is 5.56 Å². The molecule has 21 heavy (non-hydrogen) atoms. The van der Waals surface area contributed by atoms with E-state index in [1.807, 2.05) is 13.0 Å². The Morgan fingerprint density at radius 1 is 1.38 bits per heavy atom. The quantitative estimate of drug-likeness (QED) is 0.693. The van der Waals surface area contributed by atoms with E-state index in [2.05, 4.69) is 15.3 Å². The second-order valence-corrected chi connectivity index (χ2v) is 5.79. The summed E-state index contributed by atoms with van der Waals surface area (Å²) in [7, 11) is 0. The first-order valence-corrected chi connectivity index (χ1v) is 7.23. The van der Waals surface area contributed by atoms with Gasteiger partial charge in [0.05, 0.1) is 16.9 Å². The molecule has 1 aromatic heterocycles. The van der Waals surface area contributed by atoms with Crippen molar-refractivity contribution in [3.8, 4) is 6.07 Å². The Morgan fingerprint density at radius 3 is 2.76 bits per heavy atom. The van der Waals surface area contributed by atoms with Crippen molar-refractivity contribution in [2.24, 2.45) is 0 Å². The van der Waals surface area contributed by atoms with Crippen molar-refractivity contribution >= 4 is 23.4 Å². The first-order chi connectivity index (χ1) is 10.1. The van der Waals surface area contributed by atoms with Crippen LogP contribution in [-0.2, 0) is 4.79 Å². The monoisotopic (exact) mass is 298 g/mol. The Bertz CT molecular complexity index is 679. The second kappa shape index (κ2) is 6.86. The molecule has 6 heteroatoms. The van der Waals surface area contributed by atoms with Crippen molar-refractivity contribution in [3.63, 3.8) is 0 Å². The molecule has 2 rings (SSSR count). The van der Waals surface area contributed by atoms with Gasteiger partial charge in [0, 0.05) is 18.1 Å². The lowest BCUT2D eigenvalue weighted by Gasteiger charge is -2.11. The standard InChI is InChI=1S/C15H14N4OS/c1-10-8-17-15(18-9-10)21-11(2)14(20)19-13-5-3-4-12(6-13)7-16/h3-6,8-9,11H,1-2H3,(H,19,20). The fourth-order valence-electron chi connectivity index (χ4n) is 1.56. The number of carbonyl (C=O) groups is 1. The molecule has 0 aliphatic rings. The van der Waals surface area contributed by atoms with E-state index in [4.69, 9.17) is 5.26 Å². The van der Waals surface area contributed by atoms with E-state index in [1.54, 1.807) is 43.6 Å². The van der Waals surface area contributed by atoms with Crippen LogP contribution >= 0.6 is 11.8 Å². The molecule has 1 heterocycles. The minimum Gasteiger partial charge on any atom is -0.325 e. The van der Waals surface area contributed by atoms with Crippen LogP contribution in [0.15, 0.2) is 41.8 Å². The van der Waals surface area contributed by atoms with Crippen LogP contribution in [0.25, 0.3) is 0 Å². The largest absolute Gasteiger partial charge is 0.325 e. The van der Waals surface area contributed by atoms with E-state index in [0.29, 0.717) is 16.4 Å². The topological polar surface area (TPSA) is 78.7 Å². The number of nitrogens with zero attached hydrogens (tertiary/aromatic N) is 3. The van der Waals surface area contributed by atoms with Crippen molar-refractivity contribution in [2.75, 3.05) is 5.32 Å². The Hall–Kier alpha value is -2.39. The van der Waals surface area contributed by atoms with E-state index in [9.17, 15) is 4.79 Å². The van der Waals surface area contributed by atoms with Gasteiger partial charge >= 0.3 is 0 Å². The molecule has 0 saturated carbocycles. The third kappa shape index (κ3) is 4.29. The number of carbonyl (C=O) groups excluding carboxylic acids is 1. The number of aryl methyl sites for hydroxylation is 1. The normalized spacial score (nSPS) is 11.5. The minimum absolute atomic E-state index is 0.153. The number of rotatable bonds is 4. The highest BCUT2D eigenvalue weighted by molar-refractivity contribution is 8.00. The van der Waals surface area contributed by atoms with Crippen molar-refractivity contribution < 1.29 is 4.79 Å². The average Bonchev–Trinajstić information content (AvgIpc) is 2.49. The summed E-state index contributed by atoms with van der Waals surface area (Å²) in [6, 6.07) is 8.84. The highest BCUT2D eigenvalue weighted by Gasteiger charge is 2.16. The predicted octanol–water partition coefficient (Wildman–Crippen LogP) is 2.78. The summed E-state index contributed by atoms with van der Waals surface area (Å²) >= 11 is 1.29. The van der Waals surface area contributed by atoms with Crippen molar-refractivity contribution in [3.05, 3.63) is 47.8 Å². The molecule has 0 aliphatic heterocycles. The SMILES string of the molecule is Cc1cnc(SC(C)C(=O)Nc2cccc(C#N)c2)nc1. The van der Waals surface area contributed by atoms with E-state index in [1.165, 1.54) is 11.8 Å². The van der Waals surface area contributed by atoms with Gasteiger partial charge in [-0.3, -0.25) is 4.79 Å². The lowest BCUT2D eigenvalue weighted by molar-refractivity contribution is -0.115. The van der Waals surface area contributed by atoms with Crippen LogP contribution in [0, 0.1) is 18.3 Å². The Kier molecular flexibility index (Phi) is 4.90. The number of amides is 1. The zero-order valence-corrected chi connectivity index (χ0v) is 12.5. The summed E-state index contributed by atoms with van der Waals surface area (Å²) in [6.07, 6.45) is 3.44. The molecule has 0 aliphatic carbocycles. The summed E-state index contributed by atoms with van der Waals surface area (Å²) in [5, 5.41) is 11.8. The molecule has 1 amide bonds. The fraction of sp³-hybridized carbons (Fsp3) is 0.200. The molecule has 0 saturated heterocycles. The van der Waals surface area contributed by atoms with Gasteiger partial charge in [-0.05, 0) is 37.6 Å². The van der Waals surface area contributed by atoms with Gasteiger partial charge in [0.25, 0.3) is 0 Å². The van der Waals surface area contributed by atoms with Gasteiger partial charge in [0.2, 0.25) is 5.91 Å². The lowest BCUT2D eigenvalue weighted by Crippen LogP contribution is -2.22. The van der Waals surface area contributed by atoms with Crippen LogP contribution in [0.5, 0.6) is 0 Å². The van der Waals surface area contributed by atoms with Crippen LogP contribution in [0.2, 0.25) is 0 Å². The number of nitriles is 1. The summed E-state index contributed by atoms with van der Waals surface area (Å²) in [5.74, 6) is -0.153. The summed E-state index contributed by atoms with van der Waals surface area (Å²) in [5.41, 5.74) is 2.09. The Labute approximate surface area is 127 Å². The number of thioether (sulfide) groups is 1. The Morgan fingerprint density at radius 2 is 2.10 bits per heavy atom. The molecule has 1 atom stereocenters. The van der Waals surface area contributed by atoms with Crippen LogP contribution in [-0.4, -0.2) is 21.1 Å². The van der Waals surface area contributed by atoms with Crippen LogP contribution in [0.1, 0.15) is 18.1 Å². The summed E-state index contributed by atoms with van der Waals surface area (Å²) in [4.78, 5) is 20.4. The van der Waals surface area contributed by atoms with Gasteiger partial charge in [-0.15, -0.1) is 0 Å². The molecular formula is C15H14N4OS. The zero-order valence-electron chi connectivity index (χ0n) is 11.7. The lowest BCUT2D eigenvalue weighted by atomic mass is 10.2. The number of aromatic nitrogens is 2. The summed E-state index contributed by atoms with van der Waals surface area (Å²) in [6.45, 7) is 3.70. The number of anilines is 1. The van der Waals surface area contributed by atoms with Gasteiger partial charge in [-0.1, -0.05) is 17.8 Å². The van der Waals surface area contributed by atoms with Crippen molar-refractivity contribution in [2.45, 2.75) is 24.3 Å². The molecule has 1 N–H and O–H groups in total. The number of hydrogen-bond acceptors (Lipinski definition) is 5. The molecule has 1 unspecified atom stereocenters. The molecule has 1 aromatic carbocycles. The number of hydrogen-bond donors (Lipinski definition) is 1. The smallest absolute Gasteiger partial charge is 0.237 e. The van der Waals surface area contributed by atoms with Crippen LogP contribution < -0.4 is 5.32 Å². The van der Waals surface area contributed by atoms with Gasteiger partial charge in [-0.2, -0.15) is 5.26 Å². The maximum atomic E-state index is 12.1. The number of benzene rings is 1. The molecule has 0 bridgehead atoms. The van der Waals surface area contributed by atoms with E-state index >= 15 is 0 Å². The number of nitrogens with one attached hydrogen (secondary N) is 1. The van der Waals surface area contributed by atoms with E-state index in [-0.39, 0.29) is 11.2 Å². The van der Waals surface area contributed by atoms with Gasteiger partial charge in [0.15, 0.2) is 5.16 Å². The molecular weight excluding hydrogens is 284 g/mol. The molecule has 5 nitrogen and oxygen atoms in total. The molecule has 0 fully saturated rings. The average molecular weight is 298 g/mol. The molecule has 0 radical (unpaired) electrons. The maximum Gasteiger partial charge on any atom is 0.237 e. The predicted molar refractivity (Wildman–Crippen MR) is 81.9 cm³/mol. The molecule has 0 spiro atoms. The first kappa shape index (κ1) is 15.0. The fourth-order valence-corrected chi connectivity index (χ4v) is 2.27. The van der Waals surface area contributed by atoms with Crippen molar-refractivity contribution in [1.29, 1.82) is 5.26 Å². The minimum atomic E-state index is -0.335. The molecule has 106 valence electrons. The Balaban J connectivity index is 1.99.